The van der Waals surface area contributed by atoms with E-state index in [2.05, 4.69) is 0 Å². The Bertz CT molecular complexity index is 1810. The molecule has 0 spiro atoms. The van der Waals surface area contributed by atoms with Gasteiger partial charge in [0.05, 0.1) is 11.1 Å². The first-order valence-electron chi connectivity index (χ1n) is 11.2. The van der Waals surface area contributed by atoms with Crippen LogP contribution in [-0.4, -0.2) is 34.0 Å². The van der Waals surface area contributed by atoms with E-state index in [0.29, 0.717) is 37.7 Å². The van der Waals surface area contributed by atoms with E-state index in [1.165, 1.54) is 18.2 Å². The first kappa shape index (κ1) is 23.0. The molecule has 0 saturated carbocycles. The van der Waals surface area contributed by atoms with E-state index in [1.807, 2.05) is 20.8 Å². The van der Waals surface area contributed by atoms with Crippen LogP contribution in [0.4, 0.5) is 0 Å². The summed E-state index contributed by atoms with van der Waals surface area (Å²) in [6, 6.07) is 10.9. The van der Waals surface area contributed by atoms with Gasteiger partial charge in [0.25, 0.3) is 0 Å². The fourth-order valence-electron chi connectivity index (χ4n) is 5.35. The van der Waals surface area contributed by atoms with Crippen LogP contribution >= 0.6 is 0 Å². The molecule has 5 aromatic rings. The second-order valence-electron chi connectivity index (χ2n) is 9.92. The van der Waals surface area contributed by atoms with Crippen LogP contribution in [-0.2, 0) is 5.41 Å². The Balaban J connectivity index is 2.25. The second kappa shape index (κ2) is 7.39. The van der Waals surface area contributed by atoms with E-state index in [4.69, 9.17) is 11.5 Å². The third kappa shape index (κ3) is 3.00. The molecule has 36 heavy (non-hydrogen) atoms. The molecule has 0 aliphatic rings. The van der Waals surface area contributed by atoms with Gasteiger partial charge in [-0.05, 0) is 67.6 Å². The van der Waals surface area contributed by atoms with Gasteiger partial charge < -0.3 is 21.7 Å². The number of amides is 2. The molecule has 6 N–H and O–H groups in total. The SMILES string of the molecule is CC(C)(C)c1cc(C(N)=O)c2c(C(N)=O)ccc3c4ccc(C(=O)O)c5c(C(=O)O)ccc(c1c23)c54. The van der Waals surface area contributed by atoms with Crippen LogP contribution < -0.4 is 11.5 Å². The maximum absolute atomic E-state index is 12.6. The smallest absolute Gasteiger partial charge is 0.336 e. The highest BCUT2D eigenvalue weighted by Crippen LogP contribution is 2.47. The predicted octanol–water partition coefficient (Wildman–Crippen LogP) is 4.63. The maximum atomic E-state index is 12.6. The van der Waals surface area contributed by atoms with E-state index in [-0.39, 0.29) is 27.6 Å². The van der Waals surface area contributed by atoms with E-state index in [9.17, 15) is 29.4 Å². The third-order valence-electron chi connectivity index (χ3n) is 6.80. The lowest BCUT2D eigenvalue weighted by molar-refractivity contribution is 0.0695. The highest BCUT2D eigenvalue weighted by Gasteiger charge is 2.29. The maximum Gasteiger partial charge on any atom is 0.336 e. The number of fused-ring (bicyclic) bond motifs is 2. The summed E-state index contributed by atoms with van der Waals surface area (Å²) in [5.74, 6) is -3.94. The molecule has 0 fully saturated rings. The van der Waals surface area contributed by atoms with E-state index >= 15 is 0 Å². The van der Waals surface area contributed by atoms with Gasteiger partial charge in [-0.15, -0.1) is 0 Å². The molecule has 8 heteroatoms. The Morgan fingerprint density at radius 1 is 0.583 bits per heavy atom. The van der Waals surface area contributed by atoms with Gasteiger partial charge in [0.2, 0.25) is 11.8 Å². The molecule has 5 rings (SSSR count). The molecular formula is C28H22N2O6. The number of carboxylic acid groups (broad SMARTS) is 2. The van der Waals surface area contributed by atoms with Crippen molar-refractivity contribution < 1.29 is 29.4 Å². The number of hydrogen-bond acceptors (Lipinski definition) is 4. The van der Waals surface area contributed by atoms with Gasteiger partial charge in [0.1, 0.15) is 0 Å². The first-order valence-corrected chi connectivity index (χ1v) is 11.2. The zero-order chi connectivity index (χ0) is 26.3. The van der Waals surface area contributed by atoms with Crippen molar-refractivity contribution in [2.75, 3.05) is 0 Å². The number of nitrogens with two attached hydrogens (primary N) is 2. The molecule has 0 heterocycles. The molecule has 0 aliphatic carbocycles. The quantitative estimate of drug-likeness (QED) is 0.216. The van der Waals surface area contributed by atoms with Crippen LogP contribution in [0.15, 0.2) is 42.5 Å². The van der Waals surface area contributed by atoms with Crippen LogP contribution in [0, 0.1) is 0 Å². The molecule has 0 aromatic heterocycles. The normalized spacial score (nSPS) is 12.1. The van der Waals surface area contributed by atoms with Gasteiger partial charge in [0, 0.05) is 21.9 Å². The summed E-state index contributed by atoms with van der Waals surface area (Å²) in [5.41, 5.74) is 11.7. The average molecular weight is 482 g/mol. The van der Waals surface area contributed by atoms with Crippen molar-refractivity contribution in [3.63, 3.8) is 0 Å². The van der Waals surface area contributed by atoms with Gasteiger partial charge in [-0.3, -0.25) is 9.59 Å². The van der Waals surface area contributed by atoms with Crippen LogP contribution in [0.25, 0.3) is 43.1 Å². The number of aromatic carboxylic acids is 2. The number of hydrogen-bond donors (Lipinski definition) is 4. The summed E-state index contributed by atoms with van der Waals surface area (Å²) in [7, 11) is 0. The summed E-state index contributed by atoms with van der Waals surface area (Å²) in [6.07, 6.45) is 0. The van der Waals surface area contributed by atoms with Crippen molar-refractivity contribution in [3.05, 3.63) is 70.3 Å². The Morgan fingerprint density at radius 2 is 1.03 bits per heavy atom. The number of primary amides is 2. The first-order chi connectivity index (χ1) is 16.8. The summed E-state index contributed by atoms with van der Waals surface area (Å²) in [6.45, 7) is 5.87. The van der Waals surface area contributed by atoms with Crippen molar-refractivity contribution in [1.82, 2.24) is 0 Å². The minimum absolute atomic E-state index is 0.113. The number of benzene rings is 5. The highest BCUT2D eigenvalue weighted by molar-refractivity contribution is 6.39. The Morgan fingerprint density at radius 3 is 1.50 bits per heavy atom. The predicted molar refractivity (Wildman–Crippen MR) is 137 cm³/mol. The van der Waals surface area contributed by atoms with Crippen molar-refractivity contribution in [2.24, 2.45) is 11.5 Å². The van der Waals surface area contributed by atoms with Crippen LogP contribution in [0.2, 0.25) is 0 Å². The van der Waals surface area contributed by atoms with Gasteiger partial charge in [-0.2, -0.15) is 0 Å². The lowest BCUT2D eigenvalue weighted by Gasteiger charge is -2.27. The van der Waals surface area contributed by atoms with Crippen LogP contribution in [0.3, 0.4) is 0 Å². The topological polar surface area (TPSA) is 161 Å². The lowest BCUT2D eigenvalue weighted by Crippen LogP contribution is -2.20. The summed E-state index contributed by atoms with van der Waals surface area (Å²) < 4.78 is 0. The standard InChI is InChI=1S/C28H22N2O6/c1-28(2,3)18-10-17(25(30)32)20-14(24(29)31)7-4-12-11-5-8-15(26(33)34)21-16(27(35)36)9-6-13(19(11)21)22(18)23(12)20/h4-10H,1-3H3,(H2,29,31)(H2,30,32)(H,33,34)(H,35,36). The zero-order valence-corrected chi connectivity index (χ0v) is 19.7. The minimum atomic E-state index is -1.25. The van der Waals surface area contributed by atoms with Crippen molar-refractivity contribution in [1.29, 1.82) is 0 Å². The largest absolute Gasteiger partial charge is 0.478 e. The summed E-state index contributed by atoms with van der Waals surface area (Å²) >= 11 is 0. The fraction of sp³-hybridized carbons (Fsp3) is 0.143. The molecular weight excluding hydrogens is 460 g/mol. The summed E-state index contributed by atoms with van der Waals surface area (Å²) in [5, 5.41) is 23.8. The number of carbonyl (C=O) groups is 4. The molecule has 180 valence electrons. The lowest BCUT2D eigenvalue weighted by atomic mass is 9.76. The van der Waals surface area contributed by atoms with Gasteiger partial charge >= 0.3 is 11.9 Å². The Hall–Kier alpha value is -4.72. The second-order valence-corrected chi connectivity index (χ2v) is 9.92. The Labute approximate surface area is 204 Å². The van der Waals surface area contributed by atoms with Crippen LogP contribution in [0.5, 0.6) is 0 Å². The Kier molecular flexibility index (Phi) is 4.73. The molecule has 0 unspecified atom stereocenters. The fourth-order valence-corrected chi connectivity index (χ4v) is 5.35. The number of rotatable bonds is 4. The highest BCUT2D eigenvalue weighted by atomic mass is 16.4. The van der Waals surface area contributed by atoms with E-state index in [1.54, 1.807) is 24.3 Å². The molecule has 0 radical (unpaired) electrons. The molecule has 0 aliphatic heterocycles. The molecule has 5 aromatic carbocycles. The minimum Gasteiger partial charge on any atom is -0.478 e. The molecule has 0 bridgehead atoms. The van der Waals surface area contributed by atoms with Crippen LogP contribution in [0.1, 0.15) is 67.8 Å². The third-order valence-corrected chi connectivity index (χ3v) is 6.80. The monoisotopic (exact) mass is 482 g/mol. The van der Waals surface area contributed by atoms with E-state index in [0.717, 1.165) is 5.56 Å². The average Bonchev–Trinajstić information content (AvgIpc) is 2.79. The molecule has 8 nitrogen and oxygen atoms in total. The number of carboxylic acids is 2. The summed E-state index contributed by atoms with van der Waals surface area (Å²) in [4.78, 5) is 49.3. The van der Waals surface area contributed by atoms with E-state index < -0.39 is 29.2 Å². The van der Waals surface area contributed by atoms with Crippen molar-refractivity contribution in [3.8, 4) is 0 Å². The van der Waals surface area contributed by atoms with Gasteiger partial charge in [-0.25, -0.2) is 9.59 Å². The number of carbonyl (C=O) groups excluding carboxylic acids is 2. The zero-order valence-electron chi connectivity index (χ0n) is 19.7. The molecule has 0 atom stereocenters. The van der Waals surface area contributed by atoms with Crippen molar-refractivity contribution >= 4 is 66.8 Å². The van der Waals surface area contributed by atoms with Gasteiger partial charge in [0.15, 0.2) is 0 Å². The molecule has 2 amide bonds. The molecule has 0 saturated heterocycles. The van der Waals surface area contributed by atoms with Gasteiger partial charge in [-0.1, -0.05) is 39.0 Å². The van der Waals surface area contributed by atoms with Crippen molar-refractivity contribution in [2.45, 2.75) is 26.2 Å².